The Morgan fingerprint density at radius 1 is 1.24 bits per heavy atom. The Kier molecular flexibility index (Phi) is 4.53. The Labute approximate surface area is 97.7 Å². The molecule has 0 bridgehead atoms. The molecule has 0 aliphatic rings. The number of nitrogens with zero attached hydrogens (tertiary/aromatic N) is 2. The summed E-state index contributed by atoms with van der Waals surface area (Å²) in [4.78, 5) is 8.15. The van der Waals surface area contributed by atoms with Gasteiger partial charge in [0.1, 0.15) is 24.0 Å². The largest absolute Gasteiger partial charge is 0.405 e. The molecule has 0 saturated heterocycles. The molecule has 96 valence electrons. The first-order valence-corrected chi connectivity index (χ1v) is 5.31. The zero-order valence-corrected chi connectivity index (χ0v) is 9.73. The molecule has 0 aromatic carbocycles. The molecule has 0 spiro atoms. The van der Waals surface area contributed by atoms with Gasteiger partial charge >= 0.3 is 6.18 Å². The van der Waals surface area contributed by atoms with Crippen molar-refractivity contribution in [2.75, 3.05) is 24.2 Å². The Hall–Kier alpha value is -1.53. The summed E-state index contributed by atoms with van der Waals surface area (Å²) in [7, 11) is 1.66. The number of nitrogens with one attached hydrogen (secondary N) is 2. The van der Waals surface area contributed by atoms with E-state index in [1.165, 1.54) is 6.07 Å². The van der Waals surface area contributed by atoms with E-state index in [2.05, 4.69) is 20.6 Å². The van der Waals surface area contributed by atoms with Crippen LogP contribution in [0.3, 0.4) is 0 Å². The quantitative estimate of drug-likeness (QED) is 0.840. The molecule has 7 heteroatoms. The maximum absolute atomic E-state index is 12.1. The predicted molar refractivity (Wildman–Crippen MR) is 60.1 cm³/mol. The Morgan fingerprint density at radius 2 is 1.88 bits per heavy atom. The van der Waals surface area contributed by atoms with Crippen LogP contribution in [0.5, 0.6) is 0 Å². The van der Waals surface area contributed by atoms with Crippen LogP contribution in [0.1, 0.15) is 19.2 Å². The topological polar surface area (TPSA) is 49.8 Å². The van der Waals surface area contributed by atoms with E-state index in [0.29, 0.717) is 18.1 Å². The molecule has 1 rings (SSSR count). The molecule has 1 aromatic rings. The van der Waals surface area contributed by atoms with Crippen LogP contribution in [0.2, 0.25) is 0 Å². The fourth-order valence-corrected chi connectivity index (χ4v) is 1.24. The number of halogens is 3. The van der Waals surface area contributed by atoms with Gasteiger partial charge in [0.15, 0.2) is 0 Å². The van der Waals surface area contributed by atoms with Gasteiger partial charge in [-0.15, -0.1) is 0 Å². The average molecular weight is 248 g/mol. The van der Waals surface area contributed by atoms with Crippen LogP contribution in [-0.2, 0) is 6.42 Å². The molecular weight excluding hydrogens is 233 g/mol. The highest BCUT2D eigenvalue weighted by Gasteiger charge is 2.26. The lowest BCUT2D eigenvalue weighted by Gasteiger charge is -2.11. The van der Waals surface area contributed by atoms with Crippen LogP contribution < -0.4 is 10.6 Å². The minimum Gasteiger partial charge on any atom is -0.373 e. The number of hydrogen-bond donors (Lipinski definition) is 2. The van der Waals surface area contributed by atoms with Crippen LogP contribution in [-0.4, -0.2) is 29.7 Å². The zero-order chi connectivity index (χ0) is 12.9. The first-order valence-electron chi connectivity index (χ1n) is 5.31. The van der Waals surface area contributed by atoms with Gasteiger partial charge in [-0.2, -0.15) is 13.2 Å². The van der Waals surface area contributed by atoms with Crippen LogP contribution in [0.4, 0.5) is 24.8 Å². The first kappa shape index (κ1) is 13.5. The summed E-state index contributed by atoms with van der Waals surface area (Å²) in [6.07, 6.45) is -2.78. The van der Waals surface area contributed by atoms with Crippen molar-refractivity contribution in [2.24, 2.45) is 0 Å². The minimum absolute atomic E-state index is 0.185. The lowest BCUT2D eigenvalue weighted by atomic mass is 10.3. The highest BCUT2D eigenvalue weighted by Crippen LogP contribution is 2.17. The van der Waals surface area contributed by atoms with E-state index in [-0.39, 0.29) is 5.82 Å². The summed E-state index contributed by atoms with van der Waals surface area (Å²) in [6, 6.07) is 1.45. The standard InChI is InChI=1S/C10H15F3N4/c1-3-4-7-16-8(14-2)5-9(17-7)15-6-10(11,12)13/h5H,3-4,6H2,1-2H3,(H2,14,15,16,17). The van der Waals surface area contributed by atoms with Crippen molar-refractivity contribution >= 4 is 11.6 Å². The molecule has 0 fully saturated rings. The monoisotopic (exact) mass is 248 g/mol. The van der Waals surface area contributed by atoms with Crippen LogP contribution in [0, 0.1) is 0 Å². The van der Waals surface area contributed by atoms with E-state index >= 15 is 0 Å². The average Bonchev–Trinajstić information content (AvgIpc) is 2.25. The first-order chi connectivity index (χ1) is 7.94. The molecule has 1 aromatic heterocycles. The van der Waals surface area contributed by atoms with Gasteiger partial charge < -0.3 is 10.6 Å². The van der Waals surface area contributed by atoms with Gasteiger partial charge in [0.2, 0.25) is 0 Å². The summed E-state index contributed by atoms with van der Waals surface area (Å²) in [5.41, 5.74) is 0. The second-order valence-corrected chi connectivity index (χ2v) is 3.52. The molecule has 0 unspecified atom stereocenters. The van der Waals surface area contributed by atoms with E-state index < -0.39 is 12.7 Å². The Bertz CT molecular complexity index is 365. The van der Waals surface area contributed by atoms with Gasteiger partial charge in [-0.25, -0.2) is 9.97 Å². The number of alkyl halides is 3. The van der Waals surface area contributed by atoms with Gasteiger partial charge in [0.05, 0.1) is 0 Å². The summed E-state index contributed by atoms with van der Waals surface area (Å²) in [6.45, 7) is 0.858. The third-order valence-electron chi connectivity index (χ3n) is 1.97. The maximum atomic E-state index is 12.1. The SMILES string of the molecule is CCCc1nc(NC)cc(NCC(F)(F)F)n1. The summed E-state index contributed by atoms with van der Waals surface area (Å²) in [5.74, 6) is 1.22. The molecule has 17 heavy (non-hydrogen) atoms. The van der Waals surface area contributed by atoms with Gasteiger partial charge in [-0.1, -0.05) is 6.92 Å². The third-order valence-corrected chi connectivity index (χ3v) is 1.97. The lowest BCUT2D eigenvalue weighted by molar-refractivity contribution is -0.115. The number of rotatable bonds is 5. The number of aryl methyl sites for hydroxylation is 1. The Morgan fingerprint density at radius 3 is 2.41 bits per heavy atom. The third kappa shape index (κ3) is 4.88. The van der Waals surface area contributed by atoms with Gasteiger partial charge in [0.25, 0.3) is 0 Å². The van der Waals surface area contributed by atoms with Crippen molar-refractivity contribution in [3.05, 3.63) is 11.9 Å². The molecular formula is C10H15F3N4. The fourth-order valence-electron chi connectivity index (χ4n) is 1.24. The van der Waals surface area contributed by atoms with Crippen LogP contribution >= 0.6 is 0 Å². The highest BCUT2D eigenvalue weighted by molar-refractivity contribution is 5.47. The lowest BCUT2D eigenvalue weighted by Crippen LogP contribution is -2.22. The second-order valence-electron chi connectivity index (χ2n) is 3.52. The molecule has 2 N–H and O–H groups in total. The van der Waals surface area contributed by atoms with Crippen molar-refractivity contribution < 1.29 is 13.2 Å². The molecule has 1 heterocycles. The smallest absolute Gasteiger partial charge is 0.373 e. The van der Waals surface area contributed by atoms with E-state index in [1.807, 2.05) is 6.92 Å². The second kappa shape index (κ2) is 5.70. The van der Waals surface area contributed by atoms with Crippen LogP contribution in [0.15, 0.2) is 6.07 Å². The fraction of sp³-hybridized carbons (Fsp3) is 0.600. The van der Waals surface area contributed by atoms with Crippen molar-refractivity contribution in [1.29, 1.82) is 0 Å². The molecule has 0 atom stereocenters. The van der Waals surface area contributed by atoms with Crippen molar-refractivity contribution in [1.82, 2.24) is 9.97 Å². The normalized spacial score (nSPS) is 11.4. The maximum Gasteiger partial charge on any atom is 0.405 e. The van der Waals surface area contributed by atoms with Gasteiger partial charge in [0, 0.05) is 19.5 Å². The van der Waals surface area contributed by atoms with Gasteiger partial charge in [-0.3, -0.25) is 0 Å². The Balaban J connectivity index is 2.79. The predicted octanol–water partition coefficient (Wildman–Crippen LogP) is 2.45. The van der Waals surface area contributed by atoms with E-state index in [9.17, 15) is 13.2 Å². The highest BCUT2D eigenvalue weighted by atomic mass is 19.4. The molecule has 0 radical (unpaired) electrons. The van der Waals surface area contributed by atoms with Crippen LogP contribution in [0.25, 0.3) is 0 Å². The number of anilines is 2. The van der Waals surface area contributed by atoms with E-state index in [1.54, 1.807) is 7.05 Å². The molecule has 0 aliphatic heterocycles. The van der Waals surface area contributed by atoms with E-state index in [4.69, 9.17) is 0 Å². The van der Waals surface area contributed by atoms with E-state index in [0.717, 1.165) is 6.42 Å². The molecule has 0 saturated carbocycles. The summed E-state index contributed by atoms with van der Waals surface area (Å²) < 4.78 is 36.2. The zero-order valence-electron chi connectivity index (χ0n) is 9.73. The molecule has 4 nitrogen and oxygen atoms in total. The van der Waals surface area contributed by atoms with Gasteiger partial charge in [-0.05, 0) is 6.42 Å². The minimum atomic E-state index is -4.25. The van der Waals surface area contributed by atoms with Crippen molar-refractivity contribution in [3.63, 3.8) is 0 Å². The number of aromatic nitrogens is 2. The summed E-state index contributed by atoms with van der Waals surface area (Å²) in [5, 5.41) is 5.03. The molecule has 0 amide bonds. The summed E-state index contributed by atoms with van der Waals surface area (Å²) >= 11 is 0. The van der Waals surface area contributed by atoms with Crippen molar-refractivity contribution in [2.45, 2.75) is 25.9 Å². The molecule has 0 aliphatic carbocycles. The van der Waals surface area contributed by atoms with Crippen molar-refractivity contribution in [3.8, 4) is 0 Å². The number of hydrogen-bond acceptors (Lipinski definition) is 4.